The third-order valence-electron chi connectivity index (χ3n) is 4.99. The molecule has 1 amide bonds. The zero-order valence-corrected chi connectivity index (χ0v) is 16.1. The van der Waals surface area contributed by atoms with Gasteiger partial charge in [-0.2, -0.15) is 0 Å². The van der Waals surface area contributed by atoms with Gasteiger partial charge in [-0.15, -0.1) is 0 Å². The van der Waals surface area contributed by atoms with E-state index in [1.807, 2.05) is 30.3 Å². The van der Waals surface area contributed by atoms with Gasteiger partial charge in [-0.05, 0) is 42.0 Å². The van der Waals surface area contributed by atoms with Crippen molar-refractivity contribution in [2.45, 2.75) is 43.2 Å². The highest BCUT2D eigenvalue weighted by molar-refractivity contribution is 7.89. The van der Waals surface area contributed by atoms with Gasteiger partial charge in [0.2, 0.25) is 5.91 Å². The molecule has 27 heavy (non-hydrogen) atoms. The molecule has 0 aromatic heterocycles. The number of benzene rings is 2. The fourth-order valence-corrected chi connectivity index (χ4v) is 5.13. The average Bonchev–Trinajstić information content (AvgIpc) is 3.00. The lowest BCUT2D eigenvalue weighted by Gasteiger charge is -2.15. The second-order valence-electron chi connectivity index (χ2n) is 7.33. The summed E-state index contributed by atoms with van der Waals surface area (Å²) in [6, 6.07) is 16.3. The van der Waals surface area contributed by atoms with E-state index in [9.17, 15) is 13.2 Å². The number of nitrogens with one attached hydrogen (secondary N) is 1. The summed E-state index contributed by atoms with van der Waals surface area (Å²) in [5, 5.41) is 2.88. The molecular formula is C21H26N2O3S. The van der Waals surface area contributed by atoms with Gasteiger partial charge in [-0.1, -0.05) is 48.9 Å². The van der Waals surface area contributed by atoms with Gasteiger partial charge in [-0.25, -0.2) is 8.42 Å². The Morgan fingerprint density at radius 3 is 2.41 bits per heavy atom. The second-order valence-corrected chi connectivity index (χ2v) is 9.39. The van der Waals surface area contributed by atoms with Crippen molar-refractivity contribution in [3.8, 4) is 0 Å². The van der Waals surface area contributed by atoms with Crippen LogP contribution in [-0.4, -0.2) is 20.4 Å². The summed E-state index contributed by atoms with van der Waals surface area (Å²) in [6.07, 6.45) is 3.46. The van der Waals surface area contributed by atoms with Crippen LogP contribution in [0.4, 0.5) is 5.69 Å². The van der Waals surface area contributed by atoms with E-state index in [0.717, 1.165) is 24.8 Å². The van der Waals surface area contributed by atoms with Gasteiger partial charge in [0.25, 0.3) is 0 Å². The van der Waals surface area contributed by atoms with E-state index in [1.54, 1.807) is 24.3 Å². The quantitative estimate of drug-likeness (QED) is 0.764. The lowest BCUT2D eigenvalue weighted by molar-refractivity contribution is -0.117. The van der Waals surface area contributed by atoms with Gasteiger partial charge in [0.05, 0.1) is 11.5 Å². The Morgan fingerprint density at radius 1 is 1.00 bits per heavy atom. The molecule has 1 aliphatic rings. The van der Waals surface area contributed by atoms with Crippen molar-refractivity contribution < 1.29 is 13.2 Å². The first-order valence-electron chi connectivity index (χ1n) is 9.30. The molecule has 0 heterocycles. The van der Waals surface area contributed by atoms with Crippen LogP contribution in [-0.2, 0) is 26.1 Å². The van der Waals surface area contributed by atoms with Crippen molar-refractivity contribution >= 4 is 21.4 Å². The van der Waals surface area contributed by atoms with Gasteiger partial charge in [0.1, 0.15) is 0 Å². The zero-order valence-electron chi connectivity index (χ0n) is 15.3. The second kappa shape index (κ2) is 8.67. The van der Waals surface area contributed by atoms with Crippen molar-refractivity contribution in [2.24, 2.45) is 11.7 Å². The summed E-state index contributed by atoms with van der Waals surface area (Å²) < 4.78 is 24.9. The Labute approximate surface area is 160 Å². The maximum atomic E-state index is 12.5. The number of hydrogen-bond acceptors (Lipinski definition) is 4. The highest BCUT2D eigenvalue weighted by Gasteiger charge is 2.26. The van der Waals surface area contributed by atoms with E-state index < -0.39 is 9.84 Å². The van der Waals surface area contributed by atoms with Crippen molar-refractivity contribution in [3.63, 3.8) is 0 Å². The minimum absolute atomic E-state index is 0.00396. The summed E-state index contributed by atoms with van der Waals surface area (Å²) in [6.45, 7) is 0. The smallest absolute Gasteiger partial charge is 0.224 e. The Morgan fingerprint density at radius 2 is 1.70 bits per heavy atom. The van der Waals surface area contributed by atoms with Gasteiger partial charge in [-0.3, -0.25) is 4.79 Å². The molecule has 144 valence electrons. The number of anilines is 1. The van der Waals surface area contributed by atoms with Gasteiger partial charge in [0.15, 0.2) is 9.84 Å². The number of hydrogen-bond donors (Lipinski definition) is 2. The molecule has 1 fully saturated rings. The number of carbonyl (C=O) groups excluding carboxylic acids is 1. The maximum Gasteiger partial charge on any atom is 0.224 e. The molecule has 2 aromatic rings. The molecule has 0 spiro atoms. The van der Waals surface area contributed by atoms with Crippen molar-refractivity contribution in [1.82, 2.24) is 0 Å². The number of sulfone groups is 1. The van der Waals surface area contributed by atoms with Crippen LogP contribution in [0.3, 0.4) is 0 Å². The first kappa shape index (κ1) is 19.6. The highest BCUT2D eigenvalue weighted by Crippen LogP contribution is 2.27. The summed E-state index contributed by atoms with van der Waals surface area (Å²) in [5.41, 5.74) is 8.10. The van der Waals surface area contributed by atoms with Crippen molar-refractivity contribution in [3.05, 3.63) is 65.7 Å². The van der Waals surface area contributed by atoms with Crippen molar-refractivity contribution in [2.75, 3.05) is 5.32 Å². The molecule has 2 aromatic carbocycles. The van der Waals surface area contributed by atoms with Crippen LogP contribution in [0, 0.1) is 5.92 Å². The molecule has 0 radical (unpaired) electrons. The molecule has 2 atom stereocenters. The van der Waals surface area contributed by atoms with Crippen LogP contribution in [0.15, 0.2) is 54.6 Å². The molecule has 0 unspecified atom stereocenters. The lowest BCUT2D eigenvalue weighted by Crippen LogP contribution is -2.28. The van der Waals surface area contributed by atoms with E-state index in [2.05, 4.69) is 5.32 Å². The Balaban J connectivity index is 1.60. The first-order valence-corrected chi connectivity index (χ1v) is 11.1. The fraction of sp³-hybridized carbons (Fsp3) is 0.381. The third-order valence-corrected chi connectivity index (χ3v) is 6.54. The maximum absolute atomic E-state index is 12.5. The molecular weight excluding hydrogens is 360 g/mol. The Hall–Kier alpha value is -2.18. The van der Waals surface area contributed by atoms with Gasteiger partial charge in [0, 0.05) is 18.2 Å². The molecule has 1 aliphatic carbocycles. The minimum Gasteiger partial charge on any atom is -0.327 e. The first-order chi connectivity index (χ1) is 12.9. The molecule has 5 nitrogen and oxygen atoms in total. The predicted molar refractivity (Wildman–Crippen MR) is 108 cm³/mol. The van der Waals surface area contributed by atoms with E-state index in [0.29, 0.717) is 17.7 Å². The summed E-state index contributed by atoms with van der Waals surface area (Å²) in [7, 11) is -3.29. The third kappa shape index (κ3) is 5.91. The average molecular weight is 387 g/mol. The van der Waals surface area contributed by atoms with Crippen LogP contribution >= 0.6 is 0 Å². The van der Waals surface area contributed by atoms with E-state index in [4.69, 9.17) is 5.73 Å². The molecule has 3 rings (SSSR count). The van der Waals surface area contributed by atoms with Crippen LogP contribution in [0.1, 0.15) is 36.8 Å². The van der Waals surface area contributed by atoms with Crippen molar-refractivity contribution in [1.29, 1.82) is 0 Å². The number of nitrogens with two attached hydrogens (primary N) is 1. The molecule has 3 N–H and O–H groups in total. The molecule has 0 aliphatic heterocycles. The lowest BCUT2D eigenvalue weighted by atomic mass is 10.00. The Bertz CT molecular complexity index is 881. The molecule has 1 saturated carbocycles. The molecule has 0 bridgehead atoms. The fourth-order valence-electron chi connectivity index (χ4n) is 3.64. The van der Waals surface area contributed by atoms with E-state index >= 15 is 0 Å². The van der Waals surface area contributed by atoms with Gasteiger partial charge < -0.3 is 11.1 Å². The SMILES string of the molecule is N[C@@H]1CCC[C@H]1CC(=O)Nc1cccc(CS(=O)(=O)Cc2ccccc2)c1. The Kier molecular flexibility index (Phi) is 6.29. The summed E-state index contributed by atoms with van der Waals surface area (Å²) >= 11 is 0. The number of amides is 1. The van der Waals surface area contributed by atoms with Crippen LogP contribution in [0.25, 0.3) is 0 Å². The monoisotopic (exact) mass is 386 g/mol. The summed E-state index contributed by atoms with van der Waals surface area (Å²) in [5.74, 6) is 0.115. The zero-order chi connectivity index (χ0) is 19.3. The summed E-state index contributed by atoms with van der Waals surface area (Å²) in [4.78, 5) is 12.3. The molecule has 0 saturated heterocycles. The van der Waals surface area contributed by atoms with E-state index in [-0.39, 0.29) is 29.4 Å². The van der Waals surface area contributed by atoms with E-state index in [1.165, 1.54) is 0 Å². The minimum atomic E-state index is -3.29. The predicted octanol–water partition coefficient (Wildman–Crippen LogP) is 3.26. The van der Waals surface area contributed by atoms with Crippen LogP contribution in [0.5, 0.6) is 0 Å². The molecule has 6 heteroatoms. The largest absolute Gasteiger partial charge is 0.327 e. The number of carbonyl (C=O) groups is 1. The van der Waals surface area contributed by atoms with Gasteiger partial charge >= 0.3 is 0 Å². The van der Waals surface area contributed by atoms with Crippen LogP contribution < -0.4 is 11.1 Å². The highest BCUT2D eigenvalue weighted by atomic mass is 32.2. The number of rotatable bonds is 7. The standard InChI is InChI=1S/C21H26N2O3S/c22-20-11-5-9-18(20)13-21(24)23-19-10-4-8-17(12-19)15-27(25,26)14-16-6-2-1-3-7-16/h1-4,6-8,10,12,18,20H,5,9,11,13-15,22H2,(H,23,24)/t18-,20+/m0/s1. The normalized spacial score (nSPS) is 19.7. The topological polar surface area (TPSA) is 89.3 Å². The van der Waals surface area contributed by atoms with Crippen LogP contribution in [0.2, 0.25) is 0 Å².